The van der Waals surface area contributed by atoms with E-state index in [0.29, 0.717) is 0 Å². The van der Waals surface area contributed by atoms with Crippen LogP contribution in [0.5, 0.6) is 0 Å². The maximum Gasteiger partial charge on any atom is -0.0164 e. The van der Waals surface area contributed by atoms with E-state index in [-0.39, 0.29) is 0 Å². The van der Waals surface area contributed by atoms with Crippen LogP contribution in [0.25, 0.3) is 0 Å². The van der Waals surface area contributed by atoms with Gasteiger partial charge in [-0.15, -0.1) is 0 Å². The minimum absolute atomic E-state index is 1.16. The largest absolute Gasteiger partial charge is 0.0845 e. The van der Waals surface area contributed by atoms with Crippen molar-refractivity contribution in [3.05, 3.63) is 42.9 Å². The third-order valence-electron chi connectivity index (χ3n) is 1.22. The molecule has 1 radical (unpaired) electrons. The highest BCUT2D eigenvalue weighted by Gasteiger charge is 1.80. The fourth-order valence-corrected chi connectivity index (χ4v) is 0.734. The maximum atomic E-state index is 2.18. The molecule has 0 saturated carbocycles. The van der Waals surface area contributed by atoms with Crippen molar-refractivity contribution in [3.63, 3.8) is 0 Å². The van der Waals surface area contributed by atoms with E-state index in [2.05, 4.69) is 36.8 Å². The molecule has 0 unspecified atom stereocenters. The van der Waals surface area contributed by atoms with Crippen molar-refractivity contribution in [1.29, 1.82) is 0 Å². The fraction of sp³-hybridized carbons (Fsp3) is 0.222. The molecule has 0 nitrogen and oxygen atoms in total. The highest BCUT2D eigenvalue weighted by molar-refractivity contribution is 5.15. The van der Waals surface area contributed by atoms with Crippen LogP contribution in [0.1, 0.15) is 12.8 Å². The van der Waals surface area contributed by atoms with Crippen LogP contribution in [-0.2, 0) is 0 Å². The van der Waals surface area contributed by atoms with E-state index in [1.807, 2.05) is 6.08 Å². The van der Waals surface area contributed by atoms with E-state index in [9.17, 15) is 0 Å². The maximum absolute atomic E-state index is 2.18. The van der Waals surface area contributed by atoms with Gasteiger partial charge < -0.3 is 0 Å². The summed E-state index contributed by atoms with van der Waals surface area (Å²) in [5, 5.41) is 0. The van der Waals surface area contributed by atoms with Gasteiger partial charge in [0.05, 0.1) is 0 Å². The summed E-state index contributed by atoms with van der Waals surface area (Å²) in [6.45, 7) is 0. The smallest absolute Gasteiger partial charge is 0.0164 e. The zero-order valence-electron chi connectivity index (χ0n) is 5.46. The van der Waals surface area contributed by atoms with Crippen molar-refractivity contribution in [3.8, 4) is 0 Å². The number of hydrogen-bond donors (Lipinski definition) is 0. The normalized spacial score (nSPS) is 29.3. The van der Waals surface area contributed by atoms with Crippen molar-refractivity contribution in [2.45, 2.75) is 12.8 Å². The number of allylic oxidation sites excluding steroid dienone is 6. The monoisotopic (exact) mass is 119 g/mol. The van der Waals surface area contributed by atoms with Crippen LogP contribution in [0.4, 0.5) is 0 Å². The third-order valence-corrected chi connectivity index (χ3v) is 1.22. The molecular weight excluding hydrogens is 108 g/mol. The summed E-state index contributed by atoms with van der Waals surface area (Å²) in [5.41, 5.74) is 0. The number of rotatable bonds is 0. The van der Waals surface area contributed by atoms with E-state index in [4.69, 9.17) is 0 Å². The highest BCUT2D eigenvalue weighted by atomic mass is 13.9. The van der Waals surface area contributed by atoms with Crippen molar-refractivity contribution in [1.82, 2.24) is 0 Å². The first kappa shape index (κ1) is 6.34. The molecule has 1 aliphatic carbocycles. The van der Waals surface area contributed by atoms with Crippen LogP contribution in [0.3, 0.4) is 0 Å². The molecule has 1 aliphatic rings. The van der Waals surface area contributed by atoms with E-state index in [1.54, 1.807) is 0 Å². The minimum Gasteiger partial charge on any atom is -0.0845 e. The lowest BCUT2D eigenvalue weighted by molar-refractivity contribution is 1.00. The molecule has 1 rings (SSSR count). The molecule has 0 saturated heterocycles. The van der Waals surface area contributed by atoms with Crippen LogP contribution in [0, 0.1) is 6.42 Å². The summed E-state index contributed by atoms with van der Waals surface area (Å²) >= 11 is 0. The van der Waals surface area contributed by atoms with Crippen molar-refractivity contribution in [2.75, 3.05) is 0 Å². The average molecular weight is 119 g/mol. The molecule has 0 fully saturated rings. The summed E-state index contributed by atoms with van der Waals surface area (Å²) in [5.74, 6) is 0. The summed E-state index contributed by atoms with van der Waals surface area (Å²) in [7, 11) is 0. The molecular formula is C9H11. The van der Waals surface area contributed by atoms with Crippen LogP contribution in [0.2, 0.25) is 0 Å². The Kier molecular flexibility index (Phi) is 2.91. The van der Waals surface area contributed by atoms with Gasteiger partial charge in [0.15, 0.2) is 0 Å². The van der Waals surface area contributed by atoms with Gasteiger partial charge in [0, 0.05) is 0 Å². The Balaban J connectivity index is 2.45. The zero-order valence-corrected chi connectivity index (χ0v) is 5.46. The van der Waals surface area contributed by atoms with Crippen molar-refractivity contribution >= 4 is 0 Å². The van der Waals surface area contributed by atoms with Gasteiger partial charge in [-0.3, -0.25) is 0 Å². The Labute approximate surface area is 56.6 Å². The predicted molar refractivity (Wildman–Crippen MR) is 41.0 cm³/mol. The van der Waals surface area contributed by atoms with Gasteiger partial charge in [0.1, 0.15) is 0 Å². The molecule has 0 spiro atoms. The molecule has 0 atom stereocenters. The molecule has 47 valence electrons. The Bertz CT molecular complexity index is 122. The summed E-state index contributed by atoms with van der Waals surface area (Å²) in [4.78, 5) is 0. The second-order valence-electron chi connectivity index (χ2n) is 2.01. The van der Waals surface area contributed by atoms with Gasteiger partial charge in [0.25, 0.3) is 0 Å². The van der Waals surface area contributed by atoms with Gasteiger partial charge >= 0.3 is 0 Å². The Morgan fingerprint density at radius 1 is 0.667 bits per heavy atom. The molecule has 0 bridgehead atoms. The Morgan fingerprint density at radius 2 is 1.44 bits per heavy atom. The standard InChI is InChI=1S/C9H11/c1-2-4-6-8-9-7-5-3-1/h1-7H,8-9H2/b2-1-,5-3-,6-4-. The Hall–Kier alpha value is -0.780. The van der Waals surface area contributed by atoms with Crippen molar-refractivity contribution in [2.24, 2.45) is 0 Å². The lowest BCUT2D eigenvalue weighted by atomic mass is 10.2. The molecule has 0 heteroatoms. The lowest BCUT2D eigenvalue weighted by Crippen LogP contribution is -1.67. The summed E-state index contributed by atoms with van der Waals surface area (Å²) < 4.78 is 0. The van der Waals surface area contributed by atoms with Gasteiger partial charge in [-0.1, -0.05) is 36.5 Å². The first-order valence-electron chi connectivity index (χ1n) is 3.32. The predicted octanol–water partition coefficient (Wildman–Crippen LogP) is 2.65. The van der Waals surface area contributed by atoms with E-state index in [1.165, 1.54) is 0 Å². The second-order valence-corrected chi connectivity index (χ2v) is 2.01. The fourth-order valence-electron chi connectivity index (χ4n) is 0.734. The van der Waals surface area contributed by atoms with Crippen LogP contribution >= 0.6 is 0 Å². The summed E-state index contributed by atoms with van der Waals surface area (Å²) in [6, 6.07) is 0. The van der Waals surface area contributed by atoms with E-state index in [0.717, 1.165) is 12.8 Å². The quantitative estimate of drug-likeness (QED) is 0.460. The van der Waals surface area contributed by atoms with Crippen LogP contribution in [0.15, 0.2) is 36.5 Å². The van der Waals surface area contributed by atoms with Gasteiger partial charge in [-0.05, 0) is 19.3 Å². The molecule has 9 heavy (non-hydrogen) atoms. The molecule has 0 aromatic carbocycles. The first-order chi connectivity index (χ1) is 4.50. The third kappa shape index (κ3) is 2.91. The second kappa shape index (κ2) is 4.13. The lowest BCUT2D eigenvalue weighted by Gasteiger charge is -1.85. The van der Waals surface area contributed by atoms with Crippen LogP contribution < -0.4 is 0 Å². The van der Waals surface area contributed by atoms with Crippen molar-refractivity contribution < 1.29 is 0 Å². The molecule has 0 aliphatic heterocycles. The first-order valence-corrected chi connectivity index (χ1v) is 3.32. The zero-order chi connectivity index (χ0) is 6.36. The SMILES string of the molecule is [CH]1\C=C/C=C\C=C/CC1. The molecule has 0 amide bonds. The van der Waals surface area contributed by atoms with Crippen LogP contribution in [-0.4, -0.2) is 0 Å². The topological polar surface area (TPSA) is 0 Å². The molecule has 0 N–H and O–H groups in total. The molecule has 0 aromatic heterocycles. The summed E-state index contributed by atoms with van der Waals surface area (Å²) in [6.07, 6.45) is 17.0. The average Bonchev–Trinajstić information content (AvgIpc) is 2.00. The molecule has 0 heterocycles. The van der Waals surface area contributed by atoms with Gasteiger partial charge in [-0.2, -0.15) is 0 Å². The molecule has 0 aromatic rings. The van der Waals surface area contributed by atoms with Gasteiger partial charge in [-0.25, -0.2) is 0 Å². The number of hydrogen-bond acceptors (Lipinski definition) is 0. The Morgan fingerprint density at radius 3 is 2.44 bits per heavy atom. The van der Waals surface area contributed by atoms with E-state index >= 15 is 0 Å². The minimum atomic E-state index is 1.16. The van der Waals surface area contributed by atoms with E-state index < -0.39 is 0 Å². The highest BCUT2D eigenvalue weighted by Crippen LogP contribution is 1.99. The van der Waals surface area contributed by atoms with Gasteiger partial charge in [0.2, 0.25) is 0 Å².